The third-order valence-electron chi connectivity index (χ3n) is 3.40. The Hall–Kier alpha value is -2.04. The Bertz CT molecular complexity index is 511. The first-order valence-electron chi connectivity index (χ1n) is 6.31. The molecule has 0 unspecified atom stereocenters. The highest BCUT2D eigenvalue weighted by Crippen LogP contribution is 2.29. The van der Waals surface area contributed by atoms with Crippen LogP contribution in [0.25, 0.3) is 0 Å². The Morgan fingerprint density at radius 2 is 2.11 bits per heavy atom. The standard InChI is InChI=1S/C14H18N2O3/c1-15(2)13(17)9-16-8-4-6-10-11(14(18)19)5-3-7-12(10)16/h3,5,7H,4,6,8-9H2,1-2H3,(H,18,19). The molecule has 1 aliphatic heterocycles. The molecule has 2 rings (SSSR count). The van der Waals surface area contributed by atoms with Crippen LogP contribution < -0.4 is 4.90 Å². The van der Waals surface area contributed by atoms with Crippen LogP contribution in [0.3, 0.4) is 0 Å². The van der Waals surface area contributed by atoms with Gasteiger partial charge in [0.05, 0.1) is 12.1 Å². The van der Waals surface area contributed by atoms with E-state index in [1.54, 1.807) is 31.1 Å². The van der Waals surface area contributed by atoms with Gasteiger partial charge < -0.3 is 14.9 Å². The van der Waals surface area contributed by atoms with E-state index >= 15 is 0 Å². The van der Waals surface area contributed by atoms with Crippen molar-refractivity contribution < 1.29 is 14.7 Å². The highest BCUT2D eigenvalue weighted by molar-refractivity contribution is 5.92. The summed E-state index contributed by atoms with van der Waals surface area (Å²) in [6.07, 6.45) is 1.63. The van der Waals surface area contributed by atoms with E-state index in [-0.39, 0.29) is 5.91 Å². The molecule has 5 heteroatoms. The Morgan fingerprint density at radius 1 is 1.37 bits per heavy atom. The molecule has 1 aromatic carbocycles. The van der Waals surface area contributed by atoms with Crippen molar-refractivity contribution in [2.45, 2.75) is 12.8 Å². The van der Waals surface area contributed by atoms with Gasteiger partial charge >= 0.3 is 5.97 Å². The molecule has 0 aromatic heterocycles. The van der Waals surface area contributed by atoms with Crippen LogP contribution in [0, 0.1) is 0 Å². The Kier molecular flexibility index (Phi) is 3.74. The second-order valence-corrected chi connectivity index (χ2v) is 4.92. The fourth-order valence-electron chi connectivity index (χ4n) is 2.37. The summed E-state index contributed by atoms with van der Waals surface area (Å²) in [5, 5.41) is 9.20. The maximum atomic E-state index is 11.8. The molecular formula is C14H18N2O3. The van der Waals surface area contributed by atoms with E-state index in [0.29, 0.717) is 12.1 Å². The molecule has 0 aliphatic carbocycles. The van der Waals surface area contributed by atoms with E-state index in [4.69, 9.17) is 0 Å². The first-order chi connectivity index (χ1) is 9.00. The molecular weight excluding hydrogens is 244 g/mol. The van der Waals surface area contributed by atoms with Gasteiger partial charge in [-0.25, -0.2) is 4.79 Å². The largest absolute Gasteiger partial charge is 0.478 e. The summed E-state index contributed by atoms with van der Waals surface area (Å²) in [7, 11) is 3.45. The Labute approximate surface area is 112 Å². The van der Waals surface area contributed by atoms with E-state index in [9.17, 15) is 14.7 Å². The van der Waals surface area contributed by atoms with Crippen molar-refractivity contribution in [3.8, 4) is 0 Å². The molecule has 1 heterocycles. The summed E-state index contributed by atoms with van der Waals surface area (Å²) >= 11 is 0. The monoisotopic (exact) mass is 262 g/mol. The summed E-state index contributed by atoms with van der Waals surface area (Å²) in [4.78, 5) is 26.5. The second-order valence-electron chi connectivity index (χ2n) is 4.92. The number of hydrogen-bond acceptors (Lipinski definition) is 3. The number of likely N-dealkylation sites (N-methyl/N-ethyl adjacent to an activating group) is 1. The van der Waals surface area contributed by atoms with E-state index in [1.807, 2.05) is 11.0 Å². The zero-order chi connectivity index (χ0) is 14.0. The van der Waals surface area contributed by atoms with Gasteiger partial charge in [-0.2, -0.15) is 0 Å². The molecule has 1 N–H and O–H groups in total. The molecule has 5 nitrogen and oxygen atoms in total. The molecule has 0 bridgehead atoms. The fraction of sp³-hybridized carbons (Fsp3) is 0.429. The van der Waals surface area contributed by atoms with Gasteiger partial charge in [0.15, 0.2) is 0 Å². The van der Waals surface area contributed by atoms with Gasteiger partial charge in [-0.15, -0.1) is 0 Å². The van der Waals surface area contributed by atoms with Crippen LogP contribution in [0.15, 0.2) is 18.2 Å². The van der Waals surface area contributed by atoms with Crippen LogP contribution in [-0.4, -0.2) is 49.1 Å². The Balaban J connectivity index is 2.32. The van der Waals surface area contributed by atoms with Crippen LogP contribution in [0.4, 0.5) is 5.69 Å². The molecule has 0 fully saturated rings. The lowest BCUT2D eigenvalue weighted by Gasteiger charge is -2.32. The second kappa shape index (κ2) is 5.30. The average molecular weight is 262 g/mol. The number of benzene rings is 1. The van der Waals surface area contributed by atoms with Gasteiger partial charge in [0.2, 0.25) is 5.91 Å². The van der Waals surface area contributed by atoms with Crippen molar-refractivity contribution in [3.63, 3.8) is 0 Å². The predicted octanol–water partition coefficient (Wildman–Crippen LogP) is 1.23. The maximum absolute atomic E-state index is 11.8. The zero-order valence-electron chi connectivity index (χ0n) is 11.2. The highest BCUT2D eigenvalue weighted by Gasteiger charge is 2.23. The van der Waals surface area contributed by atoms with Crippen LogP contribution in [0.2, 0.25) is 0 Å². The van der Waals surface area contributed by atoms with E-state index in [0.717, 1.165) is 30.6 Å². The number of aromatic carboxylic acids is 1. The molecule has 1 amide bonds. The van der Waals surface area contributed by atoms with Gasteiger partial charge in [-0.05, 0) is 30.5 Å². The first kappa shape index (κ1) is 13.4. The van der Waals surface area contributed by atoms with Crippen LogP contribution >= 0.6 is 0 Å². The normalized spacial score (nSPS) is 13.9. The topological polar surface area (TPSA) is 60.9 Å². The summed E-state index contributed by atoms with van der Waals surface area (Å²) in [5.74, 6) is -0.883. The number of fused-ring (bicyclic) bond motifs is 1. The lowest BCUT2D eigenvalue weighted by atomic mass is 9.96. The molecule has 1 aliphatic rings. The van der Waals surface area contributed by atoms with Crippen LogP contribution in [0.1, 0.15) is 22.3 Å². The van der Waals surface area contributed by atoms with Gasteiger partial charge in [-0.1, -0.05) is 6.07 Å². The Morgan fingerprint density at radius 3 is 2.74 bits per heavy atom. The number of amides is 1. The van der Waals surface area contributed by atoms with Crippen molar-refractivity contribution in [2.75, 3.05) is 32.1 Å². The zero-order valence-corrected chi connectivity index (χ0v) is 11.2. The fourth-order valence-corrected chi connectivity index (χ4v) is 2.37. The summed E-state index contributed by atoms with van der Waals surface area (Å²) in [6.45, 7) is 1.08. The molecule has 0 saturated carbocycles. The third-order valence-corrected chi connectivity index (χ3v) is 3.40. The molecule has 0 saturated heterocycles. The minimum Gasteiger partial charge on any atom is -0.478 e. The first-order valence-corrected chi connectivity index (χ1v) is 6.31. The average Bonchev–Trinajstić information content (AvgIpc) is 2.38. The number of anilines is 1. The number of carboxylic acid groups (broad SMARTS) is 1. The lowest BCUT2D eigenvalue weighted by Crippen LogP contribution is -2.39. The highest BCUT2D eigenvalue weighted by atomic mass is 16.4. The molecule has 102 valence electrons. The van der Waals surface area contributed by atoms with Crippen molar-refractivity contribution in [2.24, 2.45) is 0 Å². The molecule has 1 aromatic rings. The van der Waals surface area contributed by atoms with Crippen LogP contribution in [0.5, 0.6) is 0 Å². The quantitative estimate of drug-likeness (QED) is 0.890. The molecule has 0 spiro atoms. The maximum Gasteiger partial charge on any atom is 0.336 e. The third kappa shape index (κ3) is 2.70. The predicted molar refractivity (Wildman–Crippen MR) is 72.6 cm³/mol. The van der Waals surface area contributed by atoms with E-state index in [1.165, 1.54) is 0 Å². The minimum absolute atomic E-state index is 0.0218. The van der Waals surface area contributed by atoms with E-state index < -0.39 is 5.97 Å². The van der Waals surface area contributed by atoms with Gasteiger partial charge in [-0.3, -0.25) is 4.79 Å². The minimum atomic E-state index is -0.905. The van der Waals surface area contributed by atoms with Gasteiger partial charge in [0, 0.05) is 26.3 Å². The van der Waals surface area contributed by atoms with Crippen molar-refractivity contribution in [1.29, 1.82) is 0 Å². The van der Waals surface area contributed by atoms with Crippen molar-refractivity contribution >= 4 is 17.6 Å². The number of carbonyl (C=O) groups excluding carboxylic acids is 1. The number of carboxylic acids is 1. The van der Waals surface area contributed by atoms with Crippen LogP contribution in [-0.2, 0) is 11.2 Å². The smallest absolute Gasteiger partial charge is 0.336 e. The number of nitrogens with zero attached hydrogens (tertiary/aromatic N) is 2. The molecule has 0 radical (unpaired) electrons. The summed E-state index contributed by atoms with van der Waals surface area (Å²) in [5.41, 5.74) is 2.06. The molecule has 19 heavy (non-hydrogen) atoms. The van der Waals surface area contributed by atoms with Crippen molar-refractivity contribution in [3.05, 3.63) is 29.3 Å². The van der Waals surface area contributed by atoms with Gasteiger partial charge in [0.25, 0.3) is 0 Å². The SMILES string of the molecule is CN(C)C(=O)CN1CCCc2c(C(=O)O)cccc21. The molecule has 0 atom stereocenters. The van der Waals surface area contributed by atoms with Crippen molar-refractivity contribution in [1.82, 2.24) is 4.90 Å². The number of carbonyl (C=O) groups is 2. The van der Waals surface area contributed by atoms with E-state index in [2.05, 4.69) is 0 Å². The van der Waals surface area contributed by atoms with Gasteiger partial charge in [0.1, 0.15) is 0 Å². The summed E-state index contributed by atoms with van der Waals surface area (Å²) in [6, 6.07) is 5.25. The number of rotatable bonds is 3. The summed E-state index contributed by atoms with van der Waals surface area (Å²) < 4.78 is 0. The number of hydrogen-bond donors (Lipinski definition) is 1. The lowest BCUT2D eigenvalue weighted by molar-refractivity contribution is -0.127.